The van der Waals surface area contributed by atoms with Gasteiger partial charge >= 0.3 is 0 Å². The molecule has 0 spiro atoms. The van der Waals surface area contributed by atoms with E-state index in [1.54, 1.807) is 25.3 Å². The number of sulfone groups is 1. The van der Waals surface area contributed by atoms with Crippen molar-refractivity contribution in [2.24, 2.45) is 0 Å². The minimum Gasteiger partial charge on any atom is -0.456 e. The van der Waals surface area contributed by atoms with Gasteiger partial charge in [-0.15, -0.1) is 0 Å². The number of ether oxygens (including phenoxy) is 1. The number of aromatic amines is 1. The molecule has 0 bridgehead atoms. The molecular weight excluding hydrogens is 487 g/mol. The van der Waals surface area contributed by atoms with E-state index in [2.05, 4.69) is 15.3 Å². The van der Waals surface area contributed by atoms with Gasteiger partial charge in [0.25, 0.3) is 5.56 Å². The Morgan fingerprint density at radius 3 is 2.61 bits per heavy atom. The SMILES string of the molecule is CC(C(=O)Nc1ccc(Oc2ccc(F)cc2)cn1)N1CCC[C@@H](c2c[nH]c(=O)c(S(C)(=O)=O)c2)C1. The van der Waals surface area contributed by atoms with Gasteiger partial charge in [-0.3, -0.25) is 14.5 Å². The van der Waals surface area contributed by atoms with Crippen molar-refractivity contribution in [3.8, 4) is 11.5 Å². The Labute approximate surface area is 208 Å². The molecule has 2 aromatic heterocycles. The number of H-pyrrole nitrogens is 1. The number of carbonyl (C=O) groups is 1. The Balaban J connectivity index is 1.38. The lowest BCUT2D eigenvalue weighted by Crippen LogP contribution is -2.46. The molecule has 36 heavy (non-hydrogen) atoms. The second-order valence-electron chi connectivity index (χ2n) is 8.83. The van der Waals surface area contributed by atoms with Crippen LogP contribution in [0.4, 0.5) is 10.2 Å². The summed E-state index contributed by atoms with van der Waals surface area (Å²) >= 11 is 0. The first-order valence-corrected chi connectivity index (χ1v) is 13.4. The molecule has 0 aliphatic carbocycles. The molecule has 190 valence electrons. The van der Waals surface area contributed by atoms with E-state index in [4.69, 9.17) is 4.74 Å². The monoisotopic (exact) mass is 514 g/mol. The van der Waals surface area contributed by atoms with Crippen molar-refractivity contribution in [1.29, 1.82) is 0 Å². The summed E-state index contributed by atoms with van der Waals surface area (Å²) in [5.41, 5.74) is 0.0917. The largest absolute Gasteiger partial charge is 0.456 e. The average molecular weight is 515 g/mol. The molecular formula is C25H27FN4O5S. The van der Waals surface area contributed by atoms with Gasteiger partial charge in [0, 0.05) is 19.0 Å². The number of nitrogens with zero attached hydrogens (tertiary/aromatic N) is 2. The van der Waals surface area contributed by atoms with Gasteiger partial charge in [-0.2, -0.15) is 0 Å². The summed E-state index contributed by atoms with van der Waals surface area (Å²) in [5.74, 6) is 0.673. The van der Waals surface area contributed by atoms with Crippen LogP contribution in [0, 0.1) is 5.82 Å². The van der Waals surface area contributed by atoms with Crippen molar-refractivity contribution >= 4 is 21.6 Å². The van der Waals surface area contributed by atoms with Crippen LogP contribution in [0.15, 0.2) is 64.5 Å². The van der Waals surface area contributed by atoms with Gasteiger partial charge in [0.1, 0.15) is 28.0 Å². The Hall–Kier alpha value is -3.57. The number of hydrogen-bond acceptors (Lipinski definition) is 7. The third kappa shape index (κ3) is 6.16. The van der Waals surface area contributed by atoms with Gasteiger partial charge in [-0.1, -0.05) is 0 Å². The molecule has 3 aromatic rings. The number of pyridine rings is 2. The fraction of sp³-hybridized carbons (Fsp3) is 0.320. The first-order chi connectivity index (χ1) is 17.1. The quantitative estimate of drug-likeness (QED) is 0.496. The first-order valence-electron chi connectivity index (χ1n) is 11.5. The second-order valence-corrected chi connectivity index (χ2v) is 10.8. The van der Waals surface area contributed by atoms with Crippen molar-refractivity contribution in [3.63, 3.8) is 0 Å². The normalized spacial score (nSPS) is 17.4. The maximum absolute atomic E-state index is 13.0. The van der Waals surface area contributed by atoms with Crippen molar-refractivity contribution in [1.82, 2.24) is 14.9 Å². The Kier molecular flexibility index (Phi) is 7.51. The van der Waals surface area contributed by atoms with Gasteiger partial charge in [-0.25, -0.2) is 17.8 Å². The molecule has 1 aliphatic rings. The van der Waals surface area contributed by atoms with E-state index in [1.165, 1.54) is 36.5 Å². The van der Waals surface area contributed by atoms with Gasteiger partial charge in [0.2, 0.25) is 5.91 Å². The lowest BCUT2D eigenvalue weighted by Gasteiger charge is -2.36. The van der Waals surface area contributed by atoms with Gasteiger partial charge in [0.15, 0.2) is 9.84 Å². The molecule has 1 unspecified atom stereocenters. The first kappa shape index (κ1) is 25.5. The van der Waals surface area contributed by atoms with Crippen molar-refractivity contribution in [3.05, 3.63) is 76.6 Å². The summed E-state index contributed by atoms with van der Waals surface area (Å²) in [7, 11) is -3.65. The number of aromatic nitrogens is 2. The van der Waals surface area contributed by atoms with E-state index >= 15 is 0 Å². The number of benzene rings is 1. The van der Waals surface area contributed by atoms with Crippen LogP contribution >= 0.6 is 0 Å². The average Bonchev–Trinajstić information content (AvgIpc) is 2.86. The second kappa shape index (κ2) is 10.6. The molecule has 2 atom stereocenters. The zero-order chi connectivity index (χ0) is 25.9. The lowest BCUT2D eigenvalue weighted by molar-refractivity contribution is -0.121. The fourth-order valence-corrected chi connectivity index (χ4v) is 4.92. The van der Waals surface area contributed by atoms with Crippen molar-refractivity contribution in [2.45, 2.75) is 36.6 Å². The van der Waals surface area contributed by atoms with Crippen LogP contribution in [0.1, 0.15) is 31.2 Å². The Bertz CT molecular complexity index is 1390. The summed E-state index contributed by atoms with van der Waals surface area (Å²) in [6, 6.07) is 9.87. The van der Waals surface area contributed by atoms with E-state index in [0.29, 0.717) is 30.4 Å². The minimum atomic E-state index is -3.65. The van der Waals surface area contributed by atoms with E-state index in [0.717, 1.165) is 24.7 Å². The number of hydrogen-bond donors (Lipinski definition) is 2. The highest BCUT2D eigenvalue weighted by Crippen LogP contribution is 2.28. The number of nitrogens with one attached hydrogen (secondary N) is 2. The van der Waals surface area contributed by atoms with Gasteiger partial charge in [0.05, 0.1) is 12.2 Å². The molecule has 0 saturated carbocycles. The number of piperidine rings is 1. The minimum absolute atomic E-state index is 0.0210. The van der Waals surface area contributed by atoms with E-state index in [-0.39, 0.29) is 22.5 Å². The number of anilines is 1. The third-order valence-corrected chi connectivity index (χ3v) is 7.28. The van der Waals surface area contributed by atoms with Crippen LogP contribution in [0.3, 0.4) is 0 Å². The summed E-state index contributed by atoms with van der Waals surface area (Å²) < 4.78 is 42.5. The molecule has 3 heterocycles. The predicted molar refractivity (Wildman–Crippen MR) is 133 cm³/mol. The molecule has 0 radical (unpaired) electrons. The van der Waals surface area contributed by atoms with Crippen LogP contribution in [0.2, 0.25) is 0 Å². The van der Waals surface area contributed by atoms with Crippen molar-refractivity contribution < 1.29 is 22.3 Å². The third-order valence-electron chi connectivity index (χ3n) is 6.18. The van der Waals surface area contributed by atoms with Gasteiger partial charge in [-0.05, 0) is 80.3 Å². The molecule has 11 heteroatoms. The number of likely N-dealkylation sites (tertiary alicyclic amines) is 1. The number of carbonyl (C=O) groups excluding carboxylic acids is 1. The summed E-state index contributed by atoms with van der Waals surface area (Å²) in [5, 5.41) is 2.80. The molecule has 2 N–H and O–H groups in total. The summed E-state index contributed by atoms with van der Waals surface area (Å²) in [4.78, 5) is 33.4. The zero-order valence-electron chi connectivity index (χ0n) is 19.9. The standard InChI is InChI=1S/C25H27FN4O5S/c1-16(24(31)29-23-10-9-21(14-27-23)35-20-7-5-19(26)6-8-20)30-11-3-4-17(15-30)18-12-22(36(2,33)34)25(32)28-13-18/h5-10,12-14,16-17H,3-4,11,15H2,1-2H3,(H,28,32)(H,27,29,31)/t16?,17-/m1/s1. The molecule has 1 amide bonds. The summed E-state index contributed by atoms with van der Waals surface area (Å²) in [6.45, 7) is 3.06. The molecule has 9 nitrogen and oxygen atoms in total. The highest BCUT2D eigenvalue weighted by Gasteiger charge is 2.29. The van der Waals surface area contributed by atoms with Gasteiger partial charge < -0.3 is 15.0 Å². The van der Waals surface area contributed by atoms with E-state index in [9.17, 15) is 22.4 Å². The Morgan fingerprint density at radius 2 is 1.94 bits per heavy atom. The predicted octanol–water partition coefficient (Wildman–Crippen LogP) is 3.31. The maximum Gasteiger partial charge on any atom is 0.266 e. The van der Waals surface area contributed by atoms with E-state index < -0.39 is 21.4 Å². The lowest BCUT2D eigenvalue weighted by atomic mass is 9.91. The van der Waals surface area contributed by atoms with Crippen LogP contribution in [0.25, 0.3) is 0 Å². The fourth-order valence-electron chi connectivity index (χ4n) is 4.17. The number of amides is 1. The smallest absolute Gasteiger partial charge is 0.266 e. The maximum atomic E-state index is 13.0. The molecule has 4 rings (SSSR count). The highest BCUT2D eigenvalue weighted by atomic mass is 32.2. The van der Waals surface area contributed by atoms with Crippen LogP contribution in [0.5, 0.6) is 11.5 Å². The summed E-state index contributed by atoms with van der Waals surface area (Å²) in [6.07, 6.45) is 5.67. The highest BCUT2D eigenvalue weighted by molar-refractivity contribution is 7.90. The van der Waals surface area contributed by atoms with E-state index in [1.807, 2.05) is 4.90 Å². The van der Waals surface area contributed by atoms with Crippen LogP contribution in [-0.4, -0.2) is 54.6 Å². The van der Waals surface area contributed by atoms with Crippen LogP contribution in [-0.2, 0) is 14.6 Å². The number of rotatable bonds is 7. The molecule has 1 aromatic carbocycles. The molecule has 1 aliphatic heterocycles. The topological polar surface area (TPSA) is 121 Å². The van der Waals surface area contributed by atoms with Crippen LogP contribution < -0.4 is 15.6 Å². The van der Waals surface area contributed by atoms with Crippen molar-refractivity contribution in [2.75, 3.05) is 24.7 Å². The molecule has 1 fully saturated rings. The Morgan fingerprint density at radius 1 is 1.22 bits per heavy atom. The number of halogens is 1. The molecule has 1 saturated heterocycles. The zero-order valence-corrected chi connectivity index (χ0v) is 20.7.